The molecule has 0 spiro atoms. The van der Waals surface area contributed by atoms with Crippen molar-refractivity contribution in [1.29, 1.82) is 0 Å². The Kier molecular flexibility index (Phi) is 7.99. The van der Waals surface area contributed by atoms with E-state index in [4.69, 9.17) is 16.2 Å². The van der Waals surface area contributed by atoms with E-state index < -0.39 is 34.2 Å². The fourth-order valence-corrected chi connectivity index (χ4v) is 5.60. The number of nitrogens with zero attached hydrogens (tertiary/aromatic N) is 3. The molecular weight excluding hydrogens is 530 g/mol. The molecule has 1 aliphatic carbocycles. The van der Waals surface area contributed by atoms with Crippen LogP contribution in [0.2, 0.25) is 5.02 Å². The number of anilines is 1. The number of halogens is 1. The van der Waals surface area contributed by atoms with Gasteiger partial charge in [-0.1, -0.05) is 23.7 Å². The quantitative estimate of drug-likeness (QED) is 0.195. The van der Waals surface area contributed by atoms with Gasteiger partial charge < -0.3 is 15.5 Å². The Morgan fingerprint density at radius 3 is 2.78 bits per heavy atom. The van der Waals surface area contributed by atoms with Crippen LogP contribution in [0.15, 0.2) is 36.5 Å². The van der Waals surface area contributed by atoms with Crippen molar-refractivity contribution < 1.29 is 28.0 Å². The predicted octanol–water partition coefficient (Wildman–Crippen LogP) is 2.15. The molecule has 0 amide bonds. The van der Waals surface area contributed by atoms with Crippen LogP contribution >= 0.6 is 22.9 Å². The number of ketones is 1. The number of carbonyl (C=O) groups excluding carboxylic acids is 1. The van der Waals surface area contributed by atoms with Crippen LogP contribution in [0.3, 0.4) is 0 Å². The van der Waals surface area contributed by atoms with E-state index in [0.29, 0.717) is 39.8 Å². The molecule has 3 aromatic rings. The molecule has 0 radical (unpaired) electrons. The van der Waals surface area contributed by atoms with Crippen LogP contribution in [0.5, 0.6) is 0 Å². The first-order valence-electron chi connectivity index (χ1n) is 11.0. The van der Waals surface area contributed by atoms with Gasteiger partial charge in [0.15, 0.2) is 5.01 Å². The van der Waals surface area contributed by atoms with Crippen LogP contribution in [-0.4, -0.2) is 62.6 Å². The minimum absolute atomic E-state index is 0.0827. The summed E-state index contributed by atoms with van der Waals surface area (Å²) in [5.41, 5.74) is 0.908. The maximum absolute atomic E-state index is 13.1. The first-order chi connectivity index (χ1) is 17.0. The summed E-state index contributed by atoms with van der Waals surface area (Å²) in [6.45, 7) is 1.66. The number of carbonyl (C=O) groups is 1. The van der Waals surface area contributed by atoms with Crippen LogP contribution in [0.4, 0.5) is 5.82 Å². The standard InChI is InChI=1S/C22H24ClN5O6S2/c1-11-18(19(30)12-3-2-4-14(23)7-12)28-22(35-11)20(31)21-24-6-5-17(27-21)26-15-8-13(16(29)9-15)10-25-36(32,33)34/h2-7,13,15-16,19,25,29-30H,8-10H2,1H3,(H,24,26,27)(H,32,33,34)/t13-,15-,16+,19+/m1/s1. The van der Waals surface area contributed by atoms with Gasteiger partial charge in [-0.25, -0.2) is 15.0 Å². The molecule has 0 bridgehead atoms. The Morgan fingerprint density at radius 1 is 1.28 bits per heavy atom. The highest BCUT2D eigenvalue weighted by molar-refractivity contribution is 7.83. The molecular formula is C22H24ClN5O6S2. The lowest BCUT2D eigenvalue weighted by Gasteiger charge is -2.14. The van der Waals surface area contributed by atoms with E-state index in [1.807, 2.05) is 4.72 Å². The van der Waals surface area contributed by atoms with Crippen molar-refractivity contribution in [3.63, 3.8) is 0 Å². The molecule has 1 saturated carbocycles. The van der Waals surface area contributed by atoms with Crippen molar-refractivity contribution in [1.82, 2.24) is 19.7 Å². The minimum Gasteiger partial charge on any atom is -0.393 e. The van der Waals surface area contributed by atoms with Gasteiger partial charge in [0.25, 0.3) is 5.78 Å². The summed E-state index contributed by atoms with van der Waals surface area (Å²) in [4.78, 5) is 26.4. The number of aromatic nitrogens is 3. The molecule has 1 fully saturated rings. The van der Waals surface area contributed by atoms with Gasteiger partial charge in [0.05, 0.1) is 11.8 Å². The maximum Gasteiger partial charge on any atom is 0.333 e. The first kappa shape index (κ1) is 26.5. The zero-order valence-electron chi connectivity index (χ0n) is 19.0. The number of aryl methyl sites for hydroxylation is 1. The molecule has 192 valence electrons. The third kappa shape index (κ3) is 6.42. The molecule has 2 aromatic heterocycles. The van der Waals surface area contributed by atoms with Gasteiger partial charge in [0, 0.05) is 34.6 Å². The fourth-order valence-electron chi connectivity index (χ4n) is 4.10. The average Bonchev–Trinajstić information content (AvgIpc) is 3.38. The predicted molar refractivity (Wildman–Crippen MR) is 134 cm³/mol. The molecule has 4 atom stereocenters. The molecule has 0 unspecified atom stereocenters. The molecule has 2 heterocycles. The van der Waals surface area contributed by atoms with Gasteiger partial charge >= 0.3 is 10.3 Å². The number of hydrogen-bond acceptors (Lipinski definition) is 10. The second-order valence-corrected chi connectivity index (χ2v) is 11.4. The van der Waals surface area contributed by atoms with Gasteiger partial charge in [-0.15, -0.1) is 11.3 Å². The lowest BCUT2D eigenvalue weighted by Crippen LogP contribution is -2.32. The zero-order chi connectivity index (χ0) is 26.0. The van der Waals surface area contributed by atoms with Crippen LogP contribution in [0.1, 0.15) is 50.7 Å². The van der Waals surface area contributed by atoms with Crippen LogP contribution in [-0.2, 0) is 10.3 Å². The Balaban J connectivity index is 1.45. The van der Waals surface area contributed by atoms with E-state index in [1.165, 1.54) is 6.20 Å². The van der Waals surface area contributed by atoms with Gasteiger partial charge in [-0.3, -0.25) is 9.35 Å². The van der Waals surface area contributed by atoms with Crippen molar-refractivity contribution >= 4 is 44.8 Å². The Hall–Kier alpha value is -2.52. The third-order valence-corrected chi connectivity index (χ3v) is 7.60. The smallest absolute Gasteiger partial charge is 0.333 e. The van der Waals surface area contributed by atoms with Crippen molar-refractivity contribution in [3.05, 3.63) is 68.5 Å². The van der Waals surface area contributed by atoms with Crippen molar-refractivity contribution in [3.8, 4) is 0 Å². The zero-order valence-corrected chi connectivity index (χ0v) is 21.4. The number of hydrogen-bond donors (Lipinski definition) is 5. The van der Waals surface area contributed by atoms with E-state index in [1.54, 1.807) is 37.3 Å². The van der Waals surface area contributed by atoms with Gasteiger partial charge in [0.2, 0.25) is 5.82 Å². The van der Waals surface area contributed by atoms with E-state index in [9.17, 15) is 23.4 Å². The lowest BCUT2D eigenvalue weighted by molar-refractivity contribution is 0.102. The minimum atomic E-state index is -4.34. The van der Waals surface area contributed by atoms with E-state index in [0.717, 1.165) is 11.3 Å². The topological polar surface area (TPSA) is 175 Å². The van der Waals surface area contributed by atoms with E-state index >= 15 is 0 Å². The number of benzene rings is 1. The van der Waals surface area contributed by atoms with Gasteiger partial charge in [0.1, 0.15) is 11.9 Å². The largest absolute Gasteiger partial charge is 0.393 e. The Morgan fingerprint density at radius 2 is 2.06 bits per heavy atom. The number of aliphatic hydroxyl groups is 2. The summed E-state index contributed by atoms with van der Waals surface area (Å²) in [6.07, 6.45) is 0.359. The van der Waals surface area contributed by atoms with Gasteiger partial charge in [-0.2, -0.15) is 13.1 Å². The normalized spacial score (nSPS) is 20.9. The summed E-state index contributed by atoms with van der Waals surface area (Å²) < 4.78 is 32.7. The highest BCUT2D eigenvalue weighted by Crippen LogP contribution is 2.31. The van der Waals surface area contributed by atoms with E-state index in [-0.39, 0.29) is 23.4 Å². The summed E-state index contributed by atoms with van der Waals surface area (Å²) >= 11 is 7.15. The SMILES string of the molecule is Cc1sc(C(=O)c2nccc(N[C@@H]3C[C@H](CNS(=O)(=O)O)[C@@H](O)C3)n2)nc1[C@@H](O)c1cccc(Cl)c1. The summed E-state index contributed by atoms with van der Waals surface area (Å²) in [6, 6.07) is 8.12. The monoisotopic (exact) mass is 553 g/mol. The van der Waals surface area contributed by atoms with E-state index in [2.05, 4.69) is 20.3 Å². The van der Waals surface area contributed by atoms with Crippen LogP contribution in [0.25, 0.3) is 0 Å². The maximum atomic E-state index is 13.1. The van der Waals surface area contributed by atoms with Crippen molar-refractivity contribution in [2.24, 2.45) is 5.92 Å². The summed E-state index contributed by atoms with van der Waals surface area (Å²) in [5, 5.41) is 24.7. The van der Waals surface area contributed by atoms with Crippen molar-refractivity contribution in [2.75, 3.05) is 11.9 Å². The molecule has 0 aliphatic heterocycles. The number of nitrogens with one attached hydrogen (secondary N) is 2. The summed E-state index contributed by atoms with van der Waals surface area (Å²) in [7, 11) is -4.34. The third-order valence-electron chi connectivity index (χ3n) is 5.85. The molecule has 4 rings (SSSR count). The highest BCUT2D eigenvalue weighted by atomic mass is 35.5. The summed E-state index contributed by atoms with van der Waals surface area (Å²) in [5.74, 6) is -0.616. The Labute approximate surface area is 216 Å². The number of thiazole rings is 1. The average molecular weight is 554 g/mol. The van der Waals surface area contributed by atoms with Gasteiger partial charge in [-0.05, 0) is 43.5 Å². The second kappa shape index (κ2) is 10.8. The molecule has 5 N–H and O–H groups in total. The second-order valence-electron chi connectivity index (χ2n) is 8.48. The first-order valence-corrected chi connectivity index (χ1v) is 13.6. The molecule has 1 aromatic carbocycles. The lowest BCUT2D eigenvalue weighted by atomic mass is 10.1. The Bertz CT molecular complexity index is 1370. The van der Waals surface area contributed by atoms with Crippen molar-refractivity contribution in [2.45, 2.75) is 38.0 Å². The van der Waals surface area contributed by atoms with Crippen LogP contribution < -0.4 is 10.0 Å². The molecule has 14 heteroatoms. The molecule has 36 heavy (non-hydrogen) atoms. The highest BCUT2D eigenvalue weighted by Gasteiger charge is 2.34. The number of aliphatic hydroxyl groups excluding tert-OH is 2. The fraction of sp³-hybridized carbons (Fsp3) is 0.364. The molecule has 1 aliphatic rings. The molecule has 11 nitrogen and oxygen atoms in total. The van der Waals surface area contributed by atoms with Crippen LogP contribution in [0, 0.1) is 12.8 Å². The number of rotatable bonds is 9. The molecule has 0 saturated heterocycles.